The summed E-state index contributed by atoms with van der Waals surface area (Å²) >= 11 is 0. The van der Waals surface area contributed by atoms with E-state index < -0.39 is 0 Å². The molecule has 2 N–H and O–H groups in total. The van der Waals surface area contributed by atoms with Gasteiger partial charge < -0.3 is 15.4 Å². The van der Waals surface area contributed by atoms with Crippen molar-refractivity contribution in [2.45, 2.75) is 38.7 Å². The van der Waals surface area contributed by atoms with E-state index in [1.54, 1.807) is 0 Å². The fourth-order valence-corrected chi connectivity index (χ4v) is 2.47. The molecule has 4 heteroatoms. The maximum Gasteiger partial charge on any atom is 0.227 e. The van der Waals surface area contributed by atoms with E-state index in [4.69, 9.17) is 4.74 Å². The Kier molecular flexibility index (Phi) is 5.41. The van der Waals surface area contributed by atoms with Gasteiger partial charge in [0.05, 0.1) is 12.0 Å². The number of benzene rings is 1. The third-order valence-corrected chi connectivity index (χ3v) is 3.47. The van der Waals surface area contributed by atoms with Gasteiger partial charge in [-0.1, -0.05) is 18.2 Å². The van der Waals surface area contributed by atoms with Crippen molar-refractivity contribution in [3.63, 3.8) is 0 Å². The highest BCUT2D eigenvalue weighted by atomic mass is 16.5. The van der Waals surface area contributed by atoms with Crippen LogP contribution in [-0.4, -0.2) is 31.7 Å². The summed E-state index contributed by atoms with van der Waals surface area (Å²) in [5, 5.41) is 6.36. The molecule has 0 aliphatic carbocycles. The van der Waals surface area contributed by atoms with E-state index in [0.29, 0.717) is 13.2 Å². The summed E-state index contributed by atoms with van der Waals surface area (Å²) in [5.74, 6) is 0.0990. The van der Waals surface area contributed by atoms with Gasteiger partial charge in [-0.15, -0.1) is 0 Å². The van der Waals surface area contributed by atoms with Crippen molar-refractivity contribution in [3.05, 3.63) is 29.8 Å². The Morgan fingerprint density at radius 2 is 2.25 bits per heavy atom. The Balaban J connectivity index is 1.82. The van der Waals surface area contributed by atoms with Crippen molar-refractivity contribution in [3.8, 4) is 0 Å². The SMILES string of the molecule is CC(C)OCCCNC(=O)C1CCNc2ccccc21. The van der Waals surface area contributed by atoms with Crippen LogP contribution in [0.1, 0.15) is 38.2 Å². The number of para-hydroxylation sites is 1. The summed E-state index contributed by atoms with van der Waals surface area (Å²) in [6, 6.07) is 8.05. The Labute approximate surface area is 120 Å². The van der Waals surface area contributed by atoms with Gasteiger partial charge in [0, 0.05) is 25.4 Å². The van der Waals surface area contributed by atoms with Crippen molar-refractivity contribution in [2.75, 3.05) is 25.0 Å². The molecule has 0 fully saturated rings. The Bertz CT molecular complexity index is 446. The Morgan fingerprint density at radius 3 is 3.05 bits per heavy atom. The zero-order valence-corrected chi connectivity index (χ0v) is 12.3. The number of ether oxygens (including phenoxy) is 1. The van der Waals surface area contributed by atoms with Gasteiger partial charge >= 0.3 is 0 Å². The number of anilines is 1. The quantitative estimate of drug-likeness (QED) is 0.785. The van der Waals surface area contributed by atoms with Crippen LogP contribution in [0.5, 0.6) is 0 Å². The number of rotatable bonds is 6. The molecule has 1 aliphatic rings. The van der Waals surface area contributed by atoms with Crippen LogP contribution in [0.2, 0.25) is 0 Å². The molecule has 0 spiro atoms. The molecule has 0 aromatic heterocycles. The maximum atomic E-state index is 12.3. The second-order valence-electron chi connectivity index (χ2n) is 5.42. The highest BCUT2D eigenvalue weighted by molar-refractivity contribution is 5.86. The number of hydrogen-bond donors (Lipinski definition) is 2. The van der Waals surface area contributed by atoms with Gasteiger partial charge in [0.1, 0.15) is 0 Å². The van der Waals surface area contributed by atoms with Crippen LogP contribution in [0, 0.1) is 0 Å². The average Bonchev–Trinajstić information content (AvgIpc) is 2.45. The van der Waals surface area contributed by atoms with Gasteiger partial charge in [-0.2, -0.15) is 0 Å². The standard InChI is InChI=1S/C16H24N2O2/c1-12(2)20-11-5-9-18-16(19)14-8-10-17-15-7-4-3-6-13(14)15/h3-4,6-7,12,14,17H,5,8-11H2,1-2H3,(H,18,19). The Hall–Kier alpha value is -1.55. The van der Waals surface area contributed by atoms with Crippen LogP contribution >= 0.6 is 0 Å². The lowest BCUT2D eigenvalue weighted by molar-refractivity contribution is -0.122. The van der Waals surface area contributed by atoms with Gasteiger partial charge in [-0.25, -0.2) is 0 Å². The zero-order chi connectivity index (χ0) is 14.4. The summed E-state index contributed by atoms with van der Waals surface area (Å²) in [6.07, 6.45) is 1.96. The van der Waals surface area contributed by atoms with Crippen molar-refractivity contribution < 1.29 is 9.53 Å². The summed E-state index contributed by atoms with van der Waals surface area (Å²) in [6.45, 7) is 6.26. The van der Waals surface area contributed by atoms with E-state index in [1.807, 2.05) is 38.1 Å². The summed E-state index contributed by atoms with van der Waals surface area (Å²) in [4.78, 5) is 12.3. The molecule has 1 heterocycles. The predicted molar refractivity (Wildman–Crippen MR) is 81.0 cm³/mol. The molecule has 20 heavy (non-hydrogen) atoms. The molecule has 2 rings (SSSR count). The maximum absolute atomic E-state index is 12.3. The van der Waals surface area contributed by atoms with Crippen LogP contribution in [-0.2, 0) is 9.53 Å². The monoisotopic (exact) mass is 276 g/mol. The van der Waals surface area contributed by atoms with Crippen LogP contribution in [0.4, 0.5) is 5.69 Å². The molecule has 1 amide bonds. The number of carbonyl (C=O) groups is 1. The molecule has 0 saturated heterocycles. The van der Waals surface area contributed by atoms with Gasteiger partial charge in [0.25, 0.3) is 0 Å². The summed E-state index contributed by atoms with van der Waals surface area (Å²) in [7, 11) is 0. The molecule has 1 aromatic carbocycles. The molecule has 110 valence electrons. The first kappa shape index (κ1) is 14.9. The lowest BCUT2D eigenvalue weighted by Gasteiger charge is -2.25. The van der Waals surface area contributed by atoms with Crippen molar-refractivity contribution >= 4 is 11.6 Å². The second-order valence-corrected chi connectivity index (χ2v) is 5.42. The second kappa shape index (κ2) is 7.29. The van der Waals surface area contributed by atoms with Crippen molar-refractivity contribution in [2.24, 2.45) is 0 Å². The molecular weight excluding hydrogens is 252 g/mol. The fourth-order valence-electron chi connectivity index (χ4n) is 2.47. The Morgan fingerprint density at radius 1 is 1.45 bits per heavy atom. The summed E-state index contributed by atoms with van der Waals surface area (Å²) in [5.41, 5.74) is 2.19. The lowest BCUT2D eigenvalue weighted by atomic mass is 9.90. The van der Waals surface area contributed by atoms with Crippen LogP contribution in [0.3, 0.4) is 0 Å². The molecule has 0 bridgehead atoms. The minimum absolute atomic E-state index is 0.0292. The predicted octanol–water partition coefficient (Wildman–Crippen LogP) is 2.52. The van der Waals surface area contributed by atoms with Gasteiger partial charge in [0.15, 0.2) is 0 Å². The first-order valence-electron chi connectivity index (χ1n) is 7.40. The van der Waals surface area contributed by atoms with Crippen molar-refractivity contribution in [1.29, 1.82) is 0 Å². The van der Waals surface area contributed by atoms with Gasteiger partial charge in [-0.3, -0.25) is 4.79 Å². The molecule has 0 radical (unpaired) electrons. The fraction of sp³-hybridized carbons (Fsp3) is 0.562. The van der Waals surface area contributed by atoms with E-state index in [1.165, 1.54) is 0 Å². The zero-order valence-electron chi connectivity index (χ0n) is 12.3. The molecule has 1 unspecified atom stereocenters. The third-order valence-electron chi connectivity index (χ3n) is 3.47. The molecule has 0 saturated carbocycles. The number of carbonyl (C=O) groups excluding carboxylic acids is 1. The van der Waals surface area contributed by atoms with E-state index in [-0.39, 0.29) is 17.9 Å². The lowest BCUT2D eigenvalue weighted by Crippen LogP contribution is -2.34. The largest absolute Gasteiger partial charge is 0.385 e. The average molecular weight is 276 g/mol. The molecule has 1 atom stereocenters. The third kappa shape index (κ3) is 3.97. The van der Waals surface area contributed by atoms with Crippen molar-refractivity contribution in [1.82, 2.24) is 5.32 Å². The normalized spacial score (nSPS) is 17.4. The molecule has 1 aliphatic heterocycles. The van der Waals surface area contributed by atoms with E-state index in [9.17, 15) is 4.79 Å². The van der Waals surface area contributed by atoms with E-state index in [0.717, 1.165) is 30.6 Å². The summed E-state index contributed by atoms with van der Waals surface area (Å²) < 4.78 is 5.46. The molecule has 4 nitrogen and oxygen atoms in total. The van der Waals surface area contributed by atoms with Crippen LogP contribution < -0.4 is 10.6 Å². The minimum Gasteiger partial charge on any atom is -0.385 e. The number of hydrogen-bond acceptors (Lipinski definition) is 3. The number of nitrogens with one attached hydrogen (secondary N) is 2. The number of fused-ring (bicyclic) bond motifs is 1. The van der Waals surface area contributed by atoms with E-state index >= 15 is 0 Å². The van der Waals surface area contributed by atoms with Gasteiger partial charge in [0.2, 0.25) is 5.91 Å². The first-order chi connectivity index (χ1) is 9.68. The highest BCUT2D eigenvalue weighted by Gasteiger charge is 2.25. The van der Waals surface area contributed by atoms with E-state index in [2.05, 4.69) is 10.6 Å². The number of amides is 1. The smallest absolute Gasteiger partial charge is 0.227 e. The molecular formula is C16H24N2O2. The minimum atomic E-state index is -0.0292. The van der Waals surface area contributed by atoms with Gasteiger partial charge in [-0.05, 0) is 38.3 Å². The van der Waals surface area contributed by atoms with Crippen LogP contribution in [0.15, 0.2) is 24.3 Å². The van der Waals surface area contributed by atoms with Crippen LogP contribution in [0.25, 0.3) is 0 Å². The topological polar surface area (TPSA) is 50.4 Å². The highest BCUT2D eigenvalue weighted by Crippen LogP contribution is 2.31. The molecule has 1 aromatic rings. The first-order valence-corrected chi connectivity index (χ1v) is 7.40.